The van der Waals surface area contributed by atoms with Crippen LogP contribution in [-0.2, 0) is 46.3 Å². The fourth-order valence-electron chi connectivity index (χ4n) is 7.25. The number of ether oxygens (including phenoxy) is 3. The molecule has 1 saturated heterocycles. The lowest BCUT2D eigenvalue weighted by molar-refractivity contribution is -0.161. The van der Waals surface area contributed by atoms with Gasteiger partial charge in [0, 0.05) is 19.0 Å². The van der Waals surface area contributed by atoms with Crippen LogP contribution in [0, 0.1) is 0 Å². The molecule has 74 heavy (non-hydrogen) atoms. The lowest BCUT2D eigenvalue weighted by Crippen LogP contribution is -2.36. The number of allylic oxidation sites excluding steroid dienone is 11. The van der Waals surface area contributed by atoms with E-state index in [0.29, 0.717) is 25.7 Å². The number of nitrogens with two attached hydrogens (primary N) is 1. The van der Waals surface area contributed by atoms with Crippen LogP contribution in [0.25, 0.3) is 0 Å². The molecule has 0 amide bonds. The highest BCUT2D eigenvalue weighted by molar-refractivity contribution is 7.61. The molecule has 22 heteroatoms. The molecule has 2 rings (SSSR count). The molecule has 0 saturated carbocycles. The summed E-state index contributed by atoms with van der Waals surface area (Å²) < 4.78 is 56.5. The summed E-state index contributed by atoms with van der Waals surface area (Å²) in [7, 11) is -11.0. The van der Waals surface area contributed by atoms with Crippen LogP contribution in [0.2, 0.25) is 0 Å². The molecule has 0 spiro atoms. The maximum Gasteiger partial charge on any atom is 0.481 e. The van der Waals surface area contributed by atoms with Gasteiger partial charge in [0.25, 0.3) is 0 Å². The SMILES string of the molecule is CCCCC/C=C\C/C=C\C/C=C\CC(O)C(O)CCCC(=O)OC[C@H](COP(=O)(O)OP(=O)(O)OC[C@H]1O[C@@H](n2ccc(N)nc2=O)[C@H](O)[C@@H]1O)OC(=O)CCC/C=C\C/C=C\C/C=C\CCCCCCCC. The predicted molar refractivity (Wildman–Crippen MR) is 282 cm³/mol. The molecule has 420 valence electrons. The van der Waals surface area contributed by atoms with E-state index in [1.165, 1.54) is 63.9 Å². The van der Waals surface area contributed by atoms with E-state index in [1.54, 1.807) is 6.08 Å². The van der Waals surface area contributed by atoms with Crippen LogP contribution in [-0.4, -0.2) is 108 Å². The Hall–Kier alpha value is -3.88. The fraction of sp³-hybridized carbons (Fsp3) is 0.654. The van der Waals surface area contributed by atoms with Crippen molar-refractivity contribution in [2.45, 2.75) is 198 Å². The van der Waals surface area contributed by atoms with E-state index in [2.05, 4.69) is 65.7 Å². The van der Waals surface area contributed by atoms with Crippen molar-refractivity contribution in [3.8, 4) is 0 Å². The van der Waals surface area contributed by atoms with Crippen molar-refractivity contribution in [2.75, 3.05) is 25.6 Å². The summed E-state index contributed by atoms with van der Waals surface area (Å²) in [6, 6.07) is 1.23. The normalized spacial score (nSPS) is 20.3. The molecule has 4 unspecified atom stereocenters. The van der Waals surface area contributed by atoms with Crippen molar-refractivity contribution in [1.29, 1.82) is 0 Å². The highest BCUT2D eigenvalue weighted by Gasteiger charge is 2.46. The van der Waals surface area contributed by atoms with Crippen LogP contribution in [0.3, 0.4) is 0 Å². The van der Waals surface area contributed by atoms with E-state index in [-0.39, 0.29) is 37.9 Å². The van der Waals surface area contributed by atoms with Gasteiger partial charge in [0.2, 0.25) is 0 Å². The zero-order valence-electron chi connectivity index (χ0n) is 43.3. The number of nitrogens with zero attached hydrogens (tertiary/aromatic N) is 2. The Kier molecular flexibility index (Phi) is 35.3. The second-order valence-electron chi connectivity index (χ2n) is 18.0. The average molecular weight is 1090 g/mol. The first-order valence-corrected chi connectivity index (χ1v) is 29.1. The quantitative estimate of drug-likeness (QED) is 0.0139. The Bertz CT molecular complexity index is 2060. The van der Waals surface area contributed by atoms with Gasteiger partial charge in [-0.1, -0.05) is 132 Å². The Morgan fingerprint density at radius 3 is 1.85 bits per heavy atom. The summed E-state index contributed by atoms with van der Waals surface area (Å²) in [5, 5.41) is 41.8. The highest BCUT2D eigenvalue weighted by atomic mass is 31.3. The number of esters is 2. The third-order valence-electron chi connectivity index (χ3n) is 11.5. The number of phosphoric ester groups is 2. The highest BCUT2D eigenvalue weighted by Crippen LogP contribution is 2.60. The van der Waals surface area contributed by atoms with Gasteiger partial charge in [-0.05, 0) is 89.5 Å². The zero-order chi connectivity index (χ0) is 54.5. The molecule has 20 nitrogen and oxygen atoms in total. The molecule has 9 atom stereocenters. The lowest BCUT2D eigenvalue weighted by Gasteiger charge is -2.21. The van der Waals surface area contributed by atoms with Gasteiger partial charge in [0.1, 0.15) is 30.7 Å². The van der Waals surface area contributed by atoms with Gasteiger partial charge < -0.3 is 50.2 Å². The summed E-state index contributed by atoms with van der Waals surface area (Å²) >= 11 is 0. The number of phosphoric acid groups is 2. The van der Waals surface area contributed by atoms with Crippen molar-refractivity contribution in [3.05, 3.63) is 95.7 Å². The van der Waals surface area contributed by atoms with E-state index in [0.717, 1.165) is 36.4 Å². The first-order valence-electron chi connectivity index (χ1n) is 26.1. The van der Waals surface area contributed by atoms with Crippen molar-refractivity contribution in [1.82, 2.24) is 9.55 Å². The van der Waals surface area contributed by atoms with Gasteiger partial charge in [-0.2, -0.15) is 9.29 Å². The Morgan fingerprint density at radius 1 is 0.703 bits per heavy atom. The second-order valence-corrected chi connectivity index (χ2v) is 21.0. The maximum atomic E-state index is 12.9. The van der Waals surface area contributed by atoms with Crippen molar-refractivity contribution >= 4 is 33.4 Å². The van der Waals surface area contributed by atoms with Gasteiger partial charge in [-0.3, -0.25) is 23.2 Å². The first-order chi connectivity index (χ1) is 35.5. The van der Waals surface area contributed by atoms with Gasteiger partial charge >= 0.3 is 33.3 Å². The van der Waals surface area contributed by atoms with Gasteiger partial charge in [-0.25, -0.2) is 13.9 Å². The van der Waals surface area contributed by atoms with Gasteiger partial charge in [0.05, 0.1) is 25.4 Å². The number of nitrogen functional groups attached to an aromatic ring is 1. The molecule has 0 bridgehead atoms. The number of anilines is 1. The molecule has 1 fully saturated rings. The van der Waals surface area contributed by atoms with Crippen LogP contribution in [0.1, 0.15) is 161 Å². The summed E-state index contributed by atoms with van der Waals surface area (Å²) in [5.74, 6) is -1.67. The molecule has 0 radical (unpaired) electrons. The Morgan fingerprint density at radius 2 is 1.23 bits per heavy atom. The summed E-state index contributed by atoms with van der Waals surface area (Å²) in [5.41, 5.74) is 4.56. The predicted octanol–water partition coefficient (Wildman–Crippen LogP) is 8.83. The number of carbonyl (C=O) groups excluding carboxylic acids is 2. The first kappa shape index (κ1) is 66.2. The molecule has 0 aromatic carbocycles. The summed E-state index contributed by atoms with van der Waals surface area (Å²) in [6.07, 6.45) is 32.9. The minimum atomic E-state index is -5.50. The molecule has 8 N–H and O–H groups in total. The maximum absolute atomic E-state index is 12.9. The summed E-state index contributed by atoms with van der Waals surface area (Å²) in [6.45, 7) is 1.78. The third-order valence-corrected chi connectivity index (χ3v) is 14.1. The van der Waals surface area contributed by atoms with Crippen LogP contribution in [0.15, 0.2) is 90.0 Å². The molecular weight excluding hydrogens is 1000 g/mol. The number of unbranched alkanes of at least 4 members (excludes halogenated alkanes) is 10. The monoisotopic (exact) mass is 1090 g/mol. The third kappa shape index (κ3) is 31.2. The minimum absolute atomic E-state index is 0.0684. The molecule has 0 aliphatic carbocycles. The Balaban J connectivity index is 1.89. The number of aliphatic hydroxyl groups is 4. The Labute approximate surface area is 437 Å². The van der Waals surface area contributed by atoms with Crippen molar-refractivity contribution in [2.24, 2.45) is 0 Å². The van der Waals surface area contributed by atoms with Gasteiger partial charge in [0.15, 0.2) is 12.3 Å². The van der Waals surface area contributed by atoms with E-state index >= 15 is 0 Å². The number of hydrogen-bond acceptors (Lipinski definition) is 17. The van der Waals surface area contributed by atoms with E-state index in [9.17, 15) is 53.7 Å². The molecule has 1 aliphatic heterocycles. The van der Waals surface area contributed by atoms with Crippen molar-refractivity contribution < 1.29 is 76.5 Å². The summed E-state index contributed by atoms with van der Waals surface area (Å²) in [4.78, 5) is 62.0. The number of carbonyl (C=O) groups is 2. The number of hydrogen-bond donors (Lipinski definition) is 7. The fourth-order valence-corrected chi connectivity index (χ4v) is 9.37. The molecule has 1 aromatic rings. The largest absolute Gasteiger partial charge is 0.481 e. The molecule has 1 aromatic heterocycles. The van der Waals surface area contributed by atoms with Crippen LogP contribution in [0.5, 0.6) is 0 Å². The van der Waals surface area contributed by atoms with E-state index < -0.39 is 95.9 Å². The van der Waals surface area contributed by atoms with Crippen LogP contribution >= 0.6 is 15.6 Å². The standard InChI is InChI=1S/C52H85N3O17P2/c1-3-5-7-9-11-13-15-17-18-19-20-21-23-25-27-29-31-35-48(59)70-42(39-67-47(58)36-32-34-44(57)43(56)33-30-28-26-24-22-16-14-12-10-8-6-4-2)40-68-73(63,64)72-74(65,66)69-41-45-49(60)50(61)51(71-45)55-38-37-46(53)54-52(55)62/h12,14,17-18,20-22,24-25,27-28,30,37-38,42-45,49-51,56-57,60-61H,3-11,13,15-16,19,23,26,29,31-36,39-41H2,1-2H3,(H,63,64)(H,65,66)(H2,53,54,62)/b14-12-,18-17-,21-20-,24-22-,27-25-,30-28-/t42-,43?,44?,45-,49-,50-,51-/m1/s1. The van der Waals surface area contributed by atoms with Crippen LogP contribution < -0.4 is 11.4 Å². The minimum Gasteiger partial charge on any atom is -0.462 e. The average Bonchev–Trinajstić information content (AvgIpc) is 3.63. The van der Waals surface area contributed by atoms with Crippen LogP contribution in [0.4, 0.5) is 5.82 Å². The van der Waals surface area contributed by atoms with E-state index in [1.807, 2.05) is 24.3 Å². The topological polar surface area (TPSA) is 306 Å². The number of aromatic nitrogens is 2. The number of aliphatic hydroxyl groups excluding tert-OH is 4. The lowest BCUT2D eigenvalue weighted by atomic mass is 10.0. The molecule has 2 heterocycles. The number of rotatable bonds is 42. The smallest absolute Gasteiger partial charge is 0.462 e. The van der Waals surface area contributed by atoms with E-state index in [4.69, 9.17) is 29.0 Å². The molecule has 1 aliphatic rings. The molecular formula is C52H85N3O17P2. The second kappa shape index (κ2) is 39.5. The van der Waals surface area contributed by atoms with Gasteiger partial charge in [-0.15, -0.1) is 0 Å². The zero-order valence-corrected chi connectivity index (χ0v) is 45.1. The van der Waals surface area contributed by atoms with Crippen molar-refractivity contribution in [3.63, 3.8) is 0 Å².